The molecule has 21 heavy (non-hydrogen) atoms. The van der Waals surface area contributed by atoms with Crippen LogP contribution in [-0.2, 0) is 6.54 Å². The van der Waals surface area contributed by atoms with Crippen molar-refractivity contribution >= 4 is 27.4 Å². The van der Waals surface area contributed by atoms with Crippen molar-refractivity contribution < 1.29 is 14.3 Å². The molecule has 1 aromatic carbocycles. The van der Waals surface area contributed by atoms with Gasteiger partial charge in [0.25, 0.3) is 0 Å². The van der Waals surface area contributed by atoms with Crippen LogP contribution in [0.4, 0.5) is 4.39 Å². The first-order valence-electron chi connectivity index (χ1n) is 7.12. The lowest BCUT2D eigenvalue weighted by molar-refractivity contribution is 0.0700. The molecule has 0 saturated carbocycles. The summed E-state index contributed by atoms with van der Waals surface area (Å²) < 4.78 is 14.8. The zero-order valence-electron chi connectivity index (χ0n) is 12.5. The van der Waals surface area contributed by atoms with Crippen LogP contribution in [0.3, 0.4) is 0 Å². The van der Waals surface area contributed by atoms with Crippen LogP contribution < -0.4 is 0 Å². The van der Waals surface area contributed by atoms with Gasteiger partial charge in [-0.1, -0.05) is 19.9 Å². The SMILES string of the molecule is CCC(CC)N(C)Cc1c(C(=O)O)sc2cccc(F)c12. The van der Waals surface area contributed by atoms with Gasteiger partial charge in [-0.05, 0) is 32.0 Å². The number of hydrogen-bond acceptors (Lipinski definition) is 3. The highest BCUT2D eigenvalue weighted by Gasteiger charge is 2.22. The minimum atomic E-state index is -0.983. The van der Waals surface area contributed by atoms with Crippen molar-refractivity contribution in [1.29, 1.82) is 0 Å². The fourth-order valence-corrected chi connectivity index (χ4v) is 3.85. The largest absolute Gasteiger partial charge is 0.477 e. The van der Waals surface area contributed by atoms with Gasteiger partial charge in [0.05, 0.1) is 0 Å². The summed E-state index contributed by atoms with van der Waals surface area (Å²) in [6.07, 6.45) is 1.97. The number of hydrogen-bond donors (Lipinski definition) is 1. The van der Waals surface area contributed by atoms with Gasteiger partial charge < -0.3 is 5.11 Å². The first-order valence-corrected chi connectivity index (χ1v) is 7.94. The molecule has 1 N–H and O–H groups in total. The molecule has 2 aromatic rings. The predicted molar refractivity (Wildman–Crippen MR) is 84.6 cm³/mol. The van der Waals surface area contributed by atoms with E-state index in [1.165, 1.54) is 6.07 Å². The molecule has 0 saturated heterocycles. The summed E-state index contributed by atoms with van der Waals surface area (Å²) in [5, 5.41) is 9.85. The number of nitrogens with zero attached hydrogens (tertiary/aromatic N) is 1. The normalized spacial score (nSPS) is 11.7. The standard InChI is InChI=1S/C16H20FNO2S/c1-4-10(5-2)18(3)9-11-14-12(17)7-6-8-13(14)21-15(11)16(19)20/h6-8,10H,4-5,9H2,1-3H3,(H,19,20). The Balaban J connectivity index is 2.50. The molecule has 0 aliphatic heterocycles. The van der Waals surface area contributed by atoms with Crippen molar-refractivity contribution in [3.05, 3.63) is 34.5 Å². The van der Waals surface area contributed by atoms with Gasteiger partial charge in [-0.25, -0.2) is 9.18 Å². The molecule has 1 heterocycles. The minimum absolute atomic E-state index is 0.243. The molecule has 0 aliphatic rings. The summed E-state index contributed by atoms with van der Waals surface area (Å²) in [6.45, 7) is 4.67. The Bertz CT molecular complexity index is 649. The third-order valence-electron chi connectivity index (χ3n) is 3.93. The molecule has 5 heteroatoms. The fourth-order valence-electron chi connectivity index (χ4n) is 2.78. The van der Waals surface area contributed by atoms with Crippen LogP contribution >= 0.6 is 11.3 Å². The van der Waals surface area contributed by atoms with Gasteiger partial charge in [-0.2, -0.15) is 0 Å². The van der Waals surface area contributed by atoms with Crippen molar-refractivity contribution in [2.24, 2.45) is 0 Å². The number of halogens is 1. The van der Waals surface area contributed by atoms with Crippen LogP contribution in [-0.4, -0.2) is 29.1 Å². The Hall–Kier alpha value is -1.46. The van der Waals surface area contributed by atoms with E-state index in [1.807, 2.05) is 7.05 Å². The third kappa shape index (κ3) is 3.09. The van der Waals surface area contributed by atoms with Gasteiger partial charge in [-0.3, -0.25) is 4.90 Å². The first-order chi connectivity index (χ1) is 9.99. The molecule has 0 unspecified atom stereocenters. The lowest BCUT2D eigenvalue weighted by Gasteiger charge is -2.26. The van der Waals surface area contributed by atoms with Crippen LogP contribution in [0.25, 0.3) is 10.1 Å². The number of fused-ring (bicyclic) bond motifs is 1. The molecular formula is C16H20FNO2S. The lowest BCUT2D eigenvalue weighted by Crippen LogP contribution is -2.30. The van der Waals surface area contributed by atoms with Crippen molar-refractivity contribution in [2.75, 3.05) is 7.05 Å². The highest BCUT2D eigenvalue weighted by Crippen LogP contribution is 2.34. The Morgan fingerprint density at radius 2 is 2.05 bits per heavy atom. The number of benzene rings is 1. The minimum Gasteiger partial charge on any atom is -0.477 e. The van der Waals surface area contributed by atoms with Crippen molar-refractivity contribution in [3.8, 4) is 0 Å². The van der Waals surface area contributed by atoms with Crippen LogP contribution in [0.2, 0.25) is 0 Å². The second kappa shape index (κ2) is 6.54. The van der Waals surface area contributed by atoms with Gasteiger partial charge in [0, 0.05) is 28.2 Å². The predicted octanol–water partition coefficient (Wildman–Crippen LogP) is 4.36. The quantitative estimate of drug-likeness (QED) is 0.862. The number of rotatable bonds is 6. The number of carboxylic acid groups (broad SMARTS) is 1. The summed E-state index contributed by atoms with van der Waals surface area (Å²) in [5.41, 5.74) is 0.593. The average molecular weight is 309 g/mol. The molecule has 3 nitrogen and oxygen atoms in total. The maximum absolute atomic E-state index is 14.1. The van der Waals surface area contributed by atoms with E-state index >= 15 is 0 Å². The Labute approximate surface area is 128 Å². The third-order valence-corrected chi connectivity index (χ3v) is 5.12. The van der Waals surface area contributed by atoms with Gasteiger partial charge in [0.2, 0.25) is 0 Å². The molecule has 0 atom stereocenters. The number of thiophene rings is 1. The molecular weight excluding hydrogens is 289 g/mol. The molecule has 114 valence electrons. The lowest BCUT2D eigenvalue weighted by atomic mass is 10.1. The van der Waals surface area contributed by atoms with Crippen LogP contribution in [0, 0.1) is 5.82 Å². The van der Waals surface area contributed by atoms with E-state index in [2.05, 4.69) is 18.7 Å². The number of carbonyl (C=O) groups is 1. The van der Waals surface area contributed by atoms with Crippen molar-refractivity contribution in [3.63, 3.8) is 0 Å². The van der Waals surface area contributed by atoms with Crippen LogP contribution in [0.1, 0.15) is 41.9 Å². The van der Waals surface area contributed by atoms with E-state index in [4.69, 9.17) is 0 Å². The molecule has 1 aromatic heterocycles. The second-order valence-corrected chi connectivity index (χ2v) is 6.27. The van der Waals surface area contributed by atoms with Crippen molar-refractivity contribution in [2.45, 2.75) is 39.3 Å². The zero-order valence-corrected chi connectivity index (χ0v) is 13.3. The summed E-state index contributed by atoms with van der Waals surface area (Å²) >= 11 is 1.15. The van der Waals surface area contributed by atoms with Crippen LogP contribution in [0.5, 0.6) is 0 Å². The molecule has 0 aliphatic carbocycles. The Morgan fingerprint density at radius 3 is 2.62 bits per heavy atom. The Morgan fingerprint density at radius 1 is 1.38 bits per heavy atom. The maximum atomic E-state index is 14.1. The molecule has 0 spiro atoms. The Kier molecular flexibility index (Phi) is 4.96. The first kappa shape index (κ1) is 15.9. The topological polar surface area (TPSA) is 40.5 Å². The highest BCUT2D eigenvalue weighted by molar-refractivity contribution is 7.21. The molecule has 2 rings (SSSR count). The maximum Gasteiger partial charge on any atom is 0.346 e. The van der Waals surface area contributed by atoms with Gasteiger partial charge in [-0.15, -0.1) is 11.3 Å². The molecule has 0 bridgehead atoms. The summed E-state index contributed by atoms with van der Waals surface area (Å²) in [5.74, 6) is -1.33. The zero-order chi connectivity index (χ0) is 15.6. The summed E-state index contributed by atoms with van der Waals surface area (Å²) in [7, 11) is 1.97. The van der Waals surface area contributed by atoms with E-state index < -0.39 is 5.97 Å². The monoisotopic (exact) mass is 309 g/mol. The molecule has 0 fully saturated rings. The summed E-state index contributed by atoms with van der Waals surface area (Å²) in [6, 6.07) is 5.15. The van der Waals surface area contributed by atoms with E-state index in [1.54, 1.807) is 12.1 Å². The number of aromatic carboxylic acids is 1. The molecule has 0 radical (unpaired) electrons. The summed E-state index contributed by atoms with van der Waals surface area (Å²) in [4.78, 5) is 13.8. The second-order valence-electron chi connectivity index (χ2n) is 5.21. The van der Waals surface area contributed by atoms with Gasteiger partial charge in [0.1, 0.15) is 10.7 Å². The molecule has 0 amide bonds. The van der Waals surface area contributed by atoms with Gasteiger partial charge >= 0.3 is 5.97 Å². The van der Waals surface area contributed by atoms with E-state index in [-0.39, 0.29) is 10.7 Å². The van der Waals surface area contributed by atoms with E-state index in [0.717, 1.165) is 24.2 Å². The smallest absolute Gasteiger partial charge is 0.346 e. The van der Waals surface area contributed by atoms with Gasteiger partial charge in [0.15, 0.2) is 0 Å². The average Bonchev–Trinajstić information content (AvgIpc) is 2.80. The van der Waals surface area contributed by atoms with Crippen molar-refractivity contribution in [1.82, 2.24) is 4.90 Å². The van der Waals surface area contributed by atoms with Crippen LogP contribution in [0.15, 0.2) is 18.2 Å². The fraction of sp³-hybridized carbons (Fsp3) is 0.438. The van der Waals surface area contributed by atoms with E-state index in [9.17, 15) is 14.3 Å². The highest BCUT2D eigenvalue weighted by atomic mass is 32.1. The number of carboxylic acids is 1. The van der Waals surface area contributed by atoms with E-state index in [0.29, 0.717) is 28.2 Å².